The van der Waals surface area contributed by atoms with E-state index < -0.39 is 34.3 Å². The molecular formula is C16H16BrN3O7S2. The minimum absolute atomic E-state index is 0.166. The number of carbonyl (C=O) groups excluding carboxylic acids is 2. The van der Waals surface area contributed by atoms with E-state index >= 15 is 0 Å². The van der Waals surface area contributed by atoms with Crippen LogP contribution in [0.2, 0.25) is 0 Å². The van der Waals surface area contributed by atoms with Crippen molar-refractivity contribution in [1.29, 1.82) is 0 Å². The van der Waals surface area contributed by atoms with Crippen LogP contribution in [-0.4, -0.2) is 67.6 Å². The number of aromatic hydroxyl groups is 1. The van der Waals surface area contributed by atoms with Gasteiger partial charge in [-0.2, -0.15) is 4.31 Å². The fourth-order valence-corrected chi connectivity index (χ4v) is 5.01. The van der Waals surface area contributed by atoms with E-state index in [1.807, 2.05) is 0 Å². The maximum atomic E-state index is 12.7. The van der Waals surface area contributed by atoms with E-state index in [0.717, 1.165) is 12.1 Å². The van der Waals surface area contributed by atoms with Crippen LogP contribution in [0.4, 0.5) is 5.13 Å². The highest BCUT2D eigenvalue weighted by Crippen LogP contribution is 2.25. The Labute approximate surface area is 178 Å². The zero-order valence-electron chi connectivity index (χ0n) is 14.8. The summed E-state index contributed by atoms with van der Waals surface area (Å²) in [5, 5.41) is 12.7. The third kappa shape index (κ3) is 5.30. The smallest absolute Gasteiger partial charge is 0.342 e. The number of carbonyl (C=O) groups is 2. The average molecular weight is 506 g/mol. The summed E-state index contributed by atoms with van der Waals surface area (Å²) in [6, 6.07) is 3.32. The topological polar surface area (TPSA) is 135 Å². The number of ether oxygens (including phenoxy) is 2. The fourth-order valence-electron chi connectivity index (χ4n) is 2.45. The van der Waals surface area contributed by atoms with Crippen molar-refractivity contribution in [2.45, 2.75) is 4.90 Å². The van der Waals surface area contributed by atoms with E-state index in [1.54, 1.807) is 0 Å². The van der Waals surface area contributed by atoms with E-state index in [0.29, 0.717) is 8.92 Å². The molecule has 2 N–H and O–H groups in total. The largest absolute Gasteiger partial charge is 0.507 e. The lowest BCUT2D eigenvalue weighted by Gasteiger charge is -2.26. The highest BCUT2D eigenvalue weighted by atomic mass is 79.9. The average Bonchev–Trinajstić information content (AvgIpc) is 3.11. The van der Waals surface area contributed by atoms with Gasteiger partial charge in [-0.1, -0.05) is 11.3 Å². The van der Waals surface area contributed by atoms with Gasteiger partial charge in [-0.05, 0) is 34.1 Å². The number of esters is 1. The summed E-state index contributed by atoms with van der Waals surface area (Å²) < 4.78 is 37.4. The maximum Gasteiger partial charge on any atom is 0.342 e. The number of morpholine rings is 1. The second kappa shape index (κ2) is 9.17. The van der Waals surface area contributed by atoms with E-state index in [9.17, 15) is 23.1 Å². The van der Waals surface area contributed by atoms with Crippen LogP contribution < -0.4 is 5.32 Å². The molecule has 1 aromatic carbocycles. The van der Waals surface area contributed by atoms with Gasteiger partial charge in [0, 0.05) is 13.1 Å². The van der Waals surface area contributed by atoms with Gasteiger partial charge in [0.25, 0.3) is 5.91 Å². The standard InChI is InChI=1S/C16H16BrN3O7S2/c17-13-8-18-16(28-13)19-14(22)9-27-15(23)11-7-10(1-2-12(11)21)29(24,25)20-3-5-26-6-4-20/h1-2,7-8,21H,3-6,9H2,(H,18,19,22). The Hall–Kier alpha value is -2.06. The summed E-state index contributed by atoms with van der Waals surface area (Å²) in [6.07, 6.45) is 1.50. The highest BCUT2D eigenvalue weighted by Gasteiger charge is 2.28. The van der Waals surface area contributed by atoms with Gasteiger partial charge in [0.15, 0.2) is 11.7 Å². The number of anilines is 1. The number of nitrogens with one attached hydrogen (secondary N) is 1. The predicted octanol–water partition coefficient (Wildman–Crippen LogP) is 1.43. The molecule has 3 rings (SSSR count). The number of phenolic OH excluding ortho intramolecular Hbond substituents is 1. The molecule has 0 atom stereocenters. The lowest BCUT2D eigenvalue weighted by Crippen LogP contribution is -2.40. The van der Waals surface area contributed by atoms with Crippen LogP contribution in [0.5, 0.6) is 5.75 Å². The number of rotatable bonds is 6. The van der Waals surface area contributed by atoms with Crippen molar-refractivity contribution in [1.82, 2.24) is 9.29 Å². The molecular weight excluding hydrogens is 490 g/mol. The number of amides is 1. The zero-order chi connectivity index (χ0) is 21.0. The highest BCUT2D eigenvalue weighted by molar-refractivity contribution is 9.11. The molecule has 13 heteroatoms. The van der Waals surface area contributed by atoms with Gasteiger partial charge in [0.1, 0.15) is 11.3 Å². The van der Waals surface area contributed by atoms with E-state index in [4.69, 9.17) is 9.47 Å². The summed E-state index contributed by atoms with van der Waals surface area (Å²) >= 11 is 4.39. The van der Waals surface area contributed by atoms with Crippen LogP contribution in [0, 0.1) is 0 Å². The SMILES string of the molecule is O=C(COC(=O)c1cc(S(=O)(=O)N2CCOCC2)ccc1O)Nc1ncc(Br)s1. The Morgan fingerprint density at radius 3 is 2.72 bits per heavy atom. The molecule has 0 saturated carbocycles. The number of hydrogen-bond acceptors (Lipinski definition) is 9. The molecule has 1 fully saturated rings. The number of nitrogens with zero attached hydrogens (tertiary/aromatic N) is 2. The number of sulfonamides is 1. The van der Waals surface area contributed by atoms with Gasteiger partial charge in [0.05, 0.1) is 28.1 Å². The quantitative estimate of drug-likeness (QED) is 0.562. The predicted molar refractivity (Wildman–Crippen MR) is 106 cm³/mol. The van der Waals surface area contributed by atoms with E-state index in [-0.39, 0.29) is 36.8 Å². The molecule has 1 amide bonds. The van der Waals surface area contributed by atoms with Crippen LogP contribution in [0.25, 0.3) is 0 Å². The third-order valence-corrected chi connectivity index (χ3v) is 7.14. The molecule has 1 aliphatic rings. The van der Waals surface area contributed by atoms with Crippen LogP contribution in [0.3, 0.4) is 0 Å². The third-order valence-electron chi connectivity index (χ3n) is 3.85. The monoisotopic (exact) mass is 505 g/mol. The second-order valence-corrected chi connectivity index (χ2v) is 10.1. The Kier molecular flexibility index (Phi) is 6.85. The number of aromatic nitrogens is 1. The van der Waals surface area contributed by atoms with Crippen molar-refractivity contribution in [3.63, 3.8) is 0 Å². The van der Waals surface area contributed by atoms with Crippen molar-refractivity contribution in [3.8, 4) is 5.75 Å². The molecule has 0 bridgehead atoms. The van der Waals surface area contributed by atoms with E-state index in [2.05, 4.69) is 26.2 Å². The lowest BCUT2D eigenvalue weighted by atomic mass is 10.2. The summed E-state index contributed by atoms with van der Waals surface area (Å²) in [5.41, 5.74) is -0.357. The van der Waals surface area contributed by atoms with Crippen molar-refractivity contribution in [2.24, 2.45) is 0 Å². The van der Waals surface area contributed by atoms with Gasteiger partial charge in [-0.15, -0.1) is 0 Å². The van der Waals surface area contributed by atoms with Gasteiger partial charge in [-0.25, -0.2) is 18.2 Å². The van der Waals surface area contributed by atoms with Crippen molar-refractivity contribution >= 4 is 54.3 Å². The first-order valence-corrected chi connectivity index (χ1v) is 11.3. The van der Waals surface area contributed by atoms with Gasteiger partial charge in [0.2, 0.25) is 10.0 Å². The minimum atomic E-state index is -3.86. The first-order valence-electron chi connectivity index (χ1n) is 8.26. The van der Waals surface area contributed by atoms with Gasteiger partial charge in [-0.3, -0.25) is 10.1 Å². The molecule has 2 heterocycles. The maximum absolute atomic E-state index is 12.7. The number of hydrogen-bond donors (Lipinski definition) is 2. The normalized spacial score (nSPS) is 15.1. The molecule has 1 saturated heterocycles. The Bertz CT molecular complexity index is 1020. The number of benzene rings is 1. The fraction of sp³-hybridized carbons (Fsp3) is 0.312. The molecule has 10 nitrogen and oxygen atoms in total. The van der Waals surface area contributed by atoms with Crippen LogP contribution >= 0.6 is 27.3 Å². The Morgan fingerprint density at radius 1 is 1.34 bits per heavy atom. The van der Waals surface area contributed by atoms with Crippen LogP contribution in [0.15, 0.2) is 33.1 Å². The van der Waals surface area contributed by atoms with Gasteiger partial charge < -0.3 is 14.6 Å². The van der Waals surface area contributed by atoms with E-state index in [1.165, 1.54) is 27.9 Å². The van der Waals surface area contributed by atoms with Crippen LogP contribution in [-0.2, 0) is 24.3 Å². The zero-order valence-corrected chi connectivity index (χ0v) is 18.0. The molecule has 156 valence electrons. The Morgan fingerprint density at radius 2 is 2.07 bits per heavy atom. The molecule has 0 unspecified atom stereocenters. The van der Waals surface area contributed by atoms with Crippen molar-refractivity contribution < 1.29 is 32.6 Å². The summed E-state index contributed by atoms with van der Waals surface area (Å²) in [5.74, 6) is -2.12. The lowest BCUT2D eigenvalue weighted by molar-refractivity contribution is -0.119. The first kappa shape index (κ1) is 21.6. The van der Waals surface area contributed by atoms with Crippen molar-refractivity contribution in [3.05, 3.63) is 33.7 Å². The molecule has 0 spiro atoms. The van der Waals surface area contributed by atoms with Crippen LogP contribution in [0.1, 0.15) is 10.4 Å². The summed E-state index contributed by atoms with van der Waals surface area (Å²) in [4.78, 5) is 27.9. The molecule has 2 aromatic rings. The molecule has 0 aliphatic carbocycles. The molecule has 1 aromatic heterocycles. The van der Waals surface area contributed by atoms with Crippen molar-refractivity contribution in [2.75, 3.05) is 38.2 Å². The first-order chi connectivity index (χ1) is 13.8. The summed E-state index contributed by atoms with van der Waals surface area (Å²) in [6.45, 7) is 0.302. The number of phenols is 1. The summed E-state index contributed by atoms with van der Waals surface area (Å²) in [7, 11) is -3.86. The minimum Gasteiger partial charge on any atom is -0.507 e. The number of thiazole rings is 1. The van der Waals surface area contributed by atoms with Gasteiger partial charge >= 0.3 is 5.97 Å². The Balaban J connectivity index is 1.68. The molecule has 1 aliphatic heterocycles. The second-order valence-electron chi connectivity index (χ2n) is 5.79. The number of halogens is 1. The molecule has 29 heavy (non-hydrogen) atoms. The molecule has 0 radical (unpaired) electrons.